The van der Waals surface area contributed by atoms with Gasteiger partial charge < -0.3 is 20.2 Å². The van der Waals surface area contributed by atoms with Crippen LogP contribution in [0.2, 0.25) is 0 Å². The lowest BCUT2D eigenvalue weighted by atomic mass is 10.2. The van der Waals surface area contributed by atoms with E-state index in [1.807, 2.05) is 6.08 Å². The Morgan fingerprint density at radius 2 is 2.04 bits per heavy atom. The van der Waals surface area contributed by atoms with E-state index in [4.69, 9.17) is 17.3 Å². The summed E-state index contributed by atoms with van der Waals surface area (Å²) in [5, 5.41) is 13.1. The van der Waals surface area contributed by atoms with Crippen molar-refractivity contribution in [2.24, 2.45) is 0 Å². The number of carbonyl (C=O) groups is 2. The maximum absolute atomic E-state index is 11.9. The number of thioether (sulfide) groups is 2. The molecular weight excluding hydrogens is 390 g/mol. The smallest absolute Gasteiger partial charge is 0.323 e. The van der Waals surface area contributed by atoms with E-state index in [2.05, 4.69) is 17.1 Å². The van der Waals surface area contributed by atoms with Gasteiger partial charge in [0.15, 0.2) is 0 Å². The van der Waals surface area contributed by atoms with Crippen molar-refractivity contribution in [3.63, 3.8) is 0 Å². The Labute approximate surface area is 168 Å². The Morgan fingerprint density at radius 1 is 1.31 bits per heavy atom. The highest BCUT2D eigenvalue weighted by atomic mass is 32.2. The Hall–Kier alpha value is -1.03. The predicted octanol–water partition coefficient (Wildman–Crippen LogP) is 2.49. The van der Waals surface area contributed by atoms with E-state index < -0.39 is 5.97 Å². The number of thiocarbonyl (C=S) groups is 1. The lowest BCUT2D eigenvalue weighted by molar-refractivity contribution is -0.137. The molecular formula is C17H25N3O3S3. The van der Waals surface area contributed by atoms with Crippen LogP contribution in [-0.2, 0) is 9.59 Å². The maximum Gasteiger partial charge on any atom is 0.323 e. The van der Waals surface area contributed by atoms with E-state index in [0.29, 0.717) is 10.0 Å². The topological polar surface area (TPSA) is 72.9 Å². The molecule has 0 spiro atoms. The molecule has 3 aliphatic heterocycles. The van der Waals surface area contributed by atoms with E-state index in [9.17, 15) is 9.59 Å². The number of allylic oxidation sites excluding steroid dienone is 2. The second-order valence-corrected chi connectivity index (χ2v) is 8.65. The summed E-state index contributed by atoms with van der Waals surface area (Å²) in [6, 6.07) is 0. The number of nitrogens with one attached hydrogen (secondary N) is 1. The van der Waals surface area contributed by atoms with Gasteiger partial charge in [0.25, 0.3) is 0 Å². The monoisotopic (exact) mass is 415 g/mol. The van der Waals surface area contributed by atoms with Crippen LogP contribution < -0.4 is 5.32 Å². The van der Waals surface area contributed by atoms with Crippen molar-refractivity contribution in [2.45, 2.75) is 26.2 Å². The molecule has 0 bridgehead atoms. The lowest BCUT2D eigenvalue weighted by Crippen LogP contribution is -2.28. The van der Waals surface area contributed by atoms with E-state index >= 15 is 0 Å². The highest BCUT2D eigenvalue weighted by Gasteiger charge is 2.32. The van der Waals surface area contributed by atoms with Crippen LogP contribution in [0.25, 0.3) is 0 Å². The molecule has 0 radical (unpaired) electrons. The quantitative estimate of drug-likeness (QED) is 0.532. The minimum atomic E-state index is -1.01. The summed E-state index contributed by atoms with van der Waals surface area (Å²) >= 11 is 7.67. The van der Waals surface area contributed by atoms with Gasteiger partial charge in [0.2, 0.25) is 5.12 Å². The molecule has 3 fully saturated rings. The normalized spacial score (nSPS) is 23.6. The zero-order valence-corrected chi connectivity index (χ0v) is 17.4. The number of aliphatic carboxylic acids is 1. The first-order valence-electron chi connectivity index (χ1n) is 8.78. The predicted molar refractivity (Wildman–Crippen MR) is 112 cm³/mol. The van der Waals surface area contributed by atoms with Gasteiger partial charge in [-0.05, 0) is 56.8 Å². The molecule has 9 heteroatoms. The fourth-order valence-corrected chi connectivity index (χ4v) is 4.91. The van der Waals surface area contributed by atoms with Crippen molar-refractivity contribution in [2.75, 3.05) is 38.5 Å². The van der Waals surface area contributed by atoms with Gasteiger partial charge in [-0.15, -0.1) is 11.8 Å². The van der Waals surface area contributed by atoms with Gasteiger partial charge in [0.1, 0.15) is 10.9 Å². The van der Waals surface area contributed by atoms with E-state index in [0.717, 1.165) is 35.6 Å². The molecule has 0 amide bonds. The Morgan fingerprint density at radius 3 is 2.58 bits per heavy atom. The van der Waals surface area contributed by atoms with E-state index in [1.165, 1.54) is 37.3 Å². The van der Waals surface area contributed by atoms with E-state index in [1.54, 1.807) is 17.8 Å². The highest BCUT2D eigenvalue weighted by molar-refractivity contribution is 8.33. The summed E-state index contributed by atoms with van der Waals surface area (Å²) in [6.45, 7) is 6.21. The van der Waals surface area contributed by atoms with Crippen LogP contribution in [0.1, 0.15) is 26.2 Å². The molecule has 3 rings (SSSR count). The molecule has 6 nitrogen and oxygen atoms in total. The average molecular weight is 416 g/mol. The van der Waals surface area contributed by atoms with Crippen LogP contribution in [0.4, 0.5) is 0 Å². The minimum absolute atomic E-state index is 0.195. The third-order valence-corrected chi connectivity index (χ3v) is 6.43. The van der Waals surface area contributed by atoms with Crippen molar-refractivity contribution in [3.05, 3.63) is 22.9 Å². The summed E-state index contributed by atoms with van der Waals surface area (Å²) in [4.78, 5) is 26.3. The third kappa shape index (κ3) is 6.29. The molecule has 3 heterocycles. The molecule has 0 aromatic rings. The van der Waals surface area contributed by atoms with Crippen molar-refractivity contribution >= 4 is 51.1 Å². The summed E-state index contributed by atoms with van der Waals surface area (Å²) < 4.78 is 0.300. The Kier molecular flexibility index (Phi) is 8.97. The van der Waals surface area contributed by atoms with E-state index in [-0.39, 0.29) is 11.7 Å². The molecule has 0 atom stereocenters. The Bertz CT molecular complexity index is 592. The number of carboxylic acid groups (broad SMARTS) is 1. The summed E-state index contributed by atoms with van der Waals surface area (Å²) in [6.07, 6.45) is 7.76. The molecule has 26 heavy (non-hydrogen) atoms. The first kappa shape index (κ1) is 21.3. The summed E-state index contributed by atoms with van der Waals surface area (Å²) in [5.74, 6) is 0.0228. The molecule has 144 valence electrons. The number of rotatable bonds is 4. The number of nitrogens with zero attached hydrogens (tertiary/aromatic N) is 2. The molecule has 0 saturated carbocycles. The lowest BCUT2D eigenvalue weighted by Gasteiger charge is -2.16. The summed E-state index contributed by atoms with van der Waals surface area (Å²) in [7, 11) is 0. The van der Waals surface area contributed by atoms with Crippen LogP contribution in [0.3, 0.4) is 0 Å². The molecule has 0 aromatic heterocycles. The standard InChI is InChI=1S/C12H14N2O3S3.C5H11N/c1-2-13-5-6-19-9(13)4-3-8-11(17)20-12(18)14(8)7-10(15)16;1-2-4-6-5-3-1/h3-4H,2,5-7H2,1H3,(H,15,16);6H,1-5H2/b8-3-,9-4-;. The molecule has 3 saturated heterocycles. The zero-order valence-electron chi connectivity index (χ0n) is 14.9. The number of hydrogen-bond acceptors (Lipinski definition) is 7. The number of hydrogen-bond donors (Lipinski definition) is 2. The number of carboxylic acids is 1. The van der Waals surface area contributed by atoms with Gasteiger partial charge >= 0.3 is 5.97 Å². The first-order chi connectivity index (χ1) is 12.5. The number of carbonyl (C=O) groups excluding carboxylic acids is 1. The van der Waals surface area contributed by atoms with Crippen molar-refractivity contribution in [3.8, 4) is 0 Å². The van der Waals surface area contributed by atoms with Crippen LogP contribution in [0.15, 0.2) is 22.9 Å². The SMILES string of the molecule is C1CCNCC1.CCN1CCS/C1=C\C=C1\C(=O)SC(=S)N1CC(=O)O. The Balaban J connectivity index is 0.000000342. The van der Waals surface area contributed by atoms with Crippen LogP contribution in [0.5, 0.6) is 0 Å². The first-order valence-corrected chi connectivity index (χ1v) is 11.0. The molecule has 2 N–H and O–H groups in total. The molecule has 0 unspecified atom stereocenters. The van der Waals surface area contributed by atoms with Gasteiger partial charge in [-0.3, -0.25) is 9.59 Å². The van der Waals surface area contributed by atoms with Gasteiger partial charge in [0, 0.05) is 18.8 Å². The molecule has 0 aromatic carbocycles. The maximum atomic E-state index is 11.9. The largest absolute Gasteiger partial charge is 0.480 e. The van der Waals surface area contributed by atoms with Gasteiger partial charge in [-0.1, -0.05) is 18.6 Å². The van der Waals surface area contributed by atoms with Gasteiger partial charge in [-0.25, -0.2) is 0 Å². The minimum Gasteiger partial charge on any atom is -0.480 e. The van der Waals surface area contributed by atoms with Crippen molar-refractivity contribution in [1.29, 1.82) is 0 Å². The van der Waals surface area contributed by atoms with Crippen molar-refractivity contribution in [1.82, 2.24) is 15.1 Å². The fraction of sp³-hybridized carbons (Fsp3) is 0.588. The highest BCUT2D eigenvalue weighted by Crippen LogP contribution is 2.31. The second-order valence-electron chi connectivity index (χ2n) is 5.93. The van der Waals surface area contributed by atoms with Gasteiger partial charge in [0.05, 0.1) is 10.7 Å². The fourth-order valence-electron chi connectivity index (χ4n) is 2.72. The van der Waals surface area contributed by atoms with Crippen molar-refractivity contribution < 1.29 is 14.7 Å². The van der Waals surface area contributed by atoms with Gasteiger partial charge in [-0.2, -0.15) is 0 Å². The summed E-state index contributed by atoms with van der Waals surface area (Å²) in [5.41, 5.74) is 0.346. The van der Waals surface area contributed by atoms with Crippen LogP contribution in [0, 0.1) is 0 Å². The zero-order chi connectivity index (χ0) is 18.9. The van der Waals surface area contributed by atoms with Crippen LogP contribution >= 0.6 is 35.7 Å². The second kappa shape index (κ2) is 11.0. The average Bonchev–Trinajstić information content (AvgIpc) is 3.19. The third-order valence-electron chi connectivity index (χ3n) is 4.09. The molecule has 3 aliphatic rings. The molecule has 0 aliphatic carbocycles. The van der Waals surface area contributed by atoms with Crippen LogP contribution in [-0.4, -0.2) is 68.8 Å². The number of piperidine rings is 1.